The summed E-state index contributed by atoms with van der Waals surface area (Å²) < 4.78 is 5.46. The number of likely N-dealkylation sites (tertiary alicyclic amines) is 1. The summed E-state index contributed by atoms with van der Waals surface area (Å²) in [5.74, 6) is 0. The van der Waals surface area contributed by atoms with E-state index in [9.17, 15) is 0 Å². The fraction of sp³-hybridized carbons (Fsp3) is 1.00. The Bertz CT molecular complexity index is 204. The van der Waals surface area contributed by atoms with E-state index in [1.54, 1.807) is 0 Å². The van der Waals surface area contributed by atoms with E-state index in [-0.39, 0.29) is 0 Å². The zero-order chi connectivity index (χ0) is 11.9. The van der Waals surface area contributed by atoms with Crippen LogP contribution in [-0.4, -0.2) is 50.3 Å². The Morgan fingerprint density at radius 1 is 1.18 bits per heavy atom. The molecule has 2 fully saturated rings. The van der Waals surface area contributed by atoms with Crippen LogP contribution in [0.25, 0.3) is 0 Å². The SMILES string of the molecule is COC1CCCC(NCCCN2CCCC2)C1. The molecule has 2 unspecified atom stereocenters. The van der Waals surface area contributed by atoms with Crippen LogP contribution in [0.2, 0.25) is 0 Å². The van der Waals surface area contributed by atoms with Crippen molar-refractivity contribution in [3.8, 4) is 0 Å². The smallest absolute Gasteiger partial charge is 0.0586 e. The molecule has 1 saturated carbocycles. The first kappa shape index (κ1) is 13.3. The molecule has 1 aliphatic heterocycles. The predicted octanol–water partition coefficient (Wildman–Crippen LogP) is 2.02. The molecule has 1 heterocycles. The summed E-state index contributed by atoms with van der Waals surface area (Å²) >= 11 is 0. The second kappa shape index (κ2) is 7.34. The average Bonchev–Trinajstić information content (AvgIpc) is 2.88. The van der Waals surface area contributed by atoms with Crippen LogP contribution in [0.3, 0.4) is 0 Å². The number of nitrogens with one attached hydrogen (secondary N) is 1. The lowest BCUT2D eigenvalue weighted by Gasteiger charge is -2.29. The molecule has 17 heavy (non-hydrogen) atoms. The minimum absolute atomic E-state index is 0.500. The van der Waals surface area contributed by atoms with E-state index in [4.69, 9.17) is 4.74 Å². The molecule has 0 aromatic carbocycles. The normalized spacial score (nSPS) is 30.9. The Hall–Kier alpha value is -0.120. The van der Waals surface area contributed by atoms with Gasteiger partial charge in [-0.2, -0.15) is 0 Å². The minimum Gasteiger partial charge on any atom is -0.381 e. The molecule has 0 amide bonds. The second-order valence-corrected chi connectivity index (χ2v) is 5.58. The third-order valence-electron chi connectivity index (χ3n) is 4.24. The van der Waals surface area contributed by atoms with Crippen molar-refractivity contribution < 1.29 is 4.74 Å². The van der Waals surface area contributed by atoms with E-state index in [1.807, 2.05) is 7.11 Å². The Morgan fingerprint density at radius 2 is 2.00 bits per heavy atom. The Balaban J connectivity index is 1.52. The second-order valence-electron chi connectivity index (χ2n) is 5.58. The quantitative estimate of drug-likeness (QED) is 0.719. The molecule has 1 saturated heterocycles. The fourth-order valence-electron chi connectivity index (χ4n) is 3.16. The molecule has 100 valence electrons. The van der Waals surface area contributed by atoms with Crippen LogP contribution in [0.4, 0.5) is 0 Å². The molecule has 3 heteroatoms. The van der Waals surface area contributed by atoms with Crippen molar-refractivity contribution in [1.29, 1.82) is 0 Å². The van der Waals surface area contributed by atoms with Crippen LogP contribution in [0.5, 0.6) is 0 Å². The van der Waals surface area contributed by atoms with Gasteiger partial charge < -0.3 is 15.0 Å². The van der Waals surface area contributed by atoms with Gasteiger partial charge in [0.05, 0.1) is 6.10 Å². The highest BCUT2D eigenvalue weighted by molar-refractivity contribution is 4.78. The topological polar surface area (TPSA) is 24.5 Å². The van der Waals surface area contributed by atoms with Gasteiger partial charge in [-0.1, -0.05) is 0 Å². The molecule has 0 bridgehead atoms. The molecule has 2 aliphatic rings. The molecule has 0 radical (unpaired) electrons. The third-order valence-corrected chi connectivity index (χ3v) is 4.24. The molecular formula is C14H28N2O. The van der Waals surface area contributed by atoms with Crippen LogP contribution in [0, 0.1) is 0 Å². The minimum atomic E-state index is 0.500. The van der Waals surface area contributed by atoms with Gasteiger partial charge in [0.2, 0.25) is 0 Å². The predicted molar refractivity (Wildman–Crippen MR) is 71.3 cm³/mol. The van der Waals surface area contributed by atoms with Gasteiger partial charge in [0.15, 0.2) is 0 Å². The van der Waals surface area contributed by atoms with Gasteiger partial charge in [-0.25, -0.2) is 0 Å². The van der Waals surface area contributed by atoms with Gasteiger partial charge in [0.1, 0.15) is 0 Å². The highest BCUT2D eigenvalue weighted by atomic mass is 16.5. The van der Waals surface area contributed by atoms with E-state index in [2.05, 4.69) is 10.2 Å². The number of methoxy groups -OCH3 is 1. The van der Waals surface area contributed by atoms with Crippen molar-refractivity contribution in [1.82, 2.24) is 10.2 Å². The highest BCUT2D eigenvalue weighted by Gasteiger charge is 2.20. The molecule has 2 atom stereocenters. The van der Waals surface area contributed by atoms with Gasteiger partial charge >= 0.3 is 0 Å². The molecule has 1 aliphatic carbocycles. The summed E-state index contributed by atoms with van der Waals surface area (Å²) in [6, 6.07) is 0.701. The summed E-state index contributed by atoms with van der Waals surface area (Å²) in [6.45, 7) is 5.12. The lowest BCUT2D eigenvalue weighted by molar-refractivity contribution is 0.0588. The number of nitrogens with zero attached hydrogens (tertiary/aromatic N) is 1. The van der Waals surface area contributed by atoms with E-state index in [0.29, 0.717) is 12.1 Å². The van der Waals surface area contributed by atoms with Crippen molar-refractivity contribution in [2.24, 2.45) is 0 Å². The van der Waals surface area contributed by atoms with Gasteiger partial charge in [0, 0.05) is 13.2 Å². The molecule has 0 aromatic rings. The van der Waals surface area contributed by atoms with Gasteiger partial charge in [-0.3, -0.25) is 0 Å². The number of rotatable bonds is 6. The highest BCUT2D eigenvalue weighted by Crippen LogP contribution is 2.20. The maximum atomic E-state index is 5.46. The van der Waals surface area contributed by atoms with E-state index in [1.165, 1.54) is 71.1 Å². The standard InChI is InChI=1S/C14H28N2O/c1-17-14-7-4-6-13(12-14)15-8-5-11-16-9-2-3-10-16/h13-15H,2-12H2,1H3. The Labute approximate surface area is 106 Å². The molecule has 0 aromatic heterocycles. The zero-order valence-electron chi connectivity index (χ0n) is 11.3. The van der Waals surface area contributed by atoms with Gasteiger partial charge in [0.25, 0.3) is 0 Å². The van der Waals surface area contributed by atoms with Crippen LogP contribution in [-0.2, 0) is 4.74 Å². The first-order valence-electron chi connectivity index (χ1n) is 7.37. The fourth-order valence-corrected chi connectivity index (χ4v) is 3.16. The van der Waals surface area contributed by atoms with E-state index < -0.39 is 0 Å². The molecule has 3 nitrogen and oxygen atoms in total. The van der Waals surface area contributed by atoms with Crippen LogP contribution < -0.4 is 5.32 Å². The molecule has 2 rings (SSSR count). The van der Waals surface area contributed by atoms with Gasteiger partial charge in [-0.15, -0.1) is 0 Å². The number of hydrogen-bond acceptors (Lipinski definition) is 3. The van der Waals surface area contributed by atoms with E-state index >= 15 is 0 Å². The molecule has 0 spiro atoms. The summed E-state index contributed by atoms with van der Waals surface area (Å²) in [5.41, 5.74) is 0. The van der Waals surface area contributed by atoms with Crippen molar-refractivity contribution in [3.05, 3.63) is 0 Å². The average molecular weight is 240 g/mol. The lowest BCUT2D eigenvalue weighted by atomic mass is 9.93. The van der Waals surface area contributed by atoms with Crippen LogP contribution in [0.15, 0.2) is 0 Å². The Morgan fingerprint density at radius 3 is 2.76 bits per heavy atom. The first-order valence-corrected chi connectivity index (χ1v) is 7.37. The summed E-state index contributed by atoms with van der Waals surface area (Å²) in [4.78, 5) is 2.60. The summed E-state index contributed by atoms with van der Waals surface area (Å²) in [6.07, 6.45) is 9.74. The van der Waals surface area contributed by atoms with Crippen molar-refractivity contribution >= 4 is 0 Å². The summed E-state index contributed by atoms with van der Waals surface area (Å²) in [5, 5.41) is 3.70. The van der Waals surface area contributed by atoms with Crippen LogP contribution in [0.1, 0.15) is 44.9 Å². The first-order chi connectivity index (χ1) is 8.38. The molecule has 1 N–H and O–H groups in total. The maximum Gasteiger partial charge on any atom is 0.0586 e. The van der Waals surface area contributed by atoms with Crippen molar-refractivity contribution in [2.45, 2.75) is 57.1 Å². The molecular weight excluding hydrogens is 212 g/mol. The zero-order valence-corrected chi connectivity index (χ0v) is 11.3. The van der Waals surface area contributed by atoms with Crippen molar-refractivity contribution in [2.75, 3.05) is 33.3 Å². The largest absolute Gasteiger partial charge is 0.381 e. The number of hydrogen-bond donors (Lipinski definition) is 1. The Kier molecular flexibility index (Phi) is 5.75. The summed E-state index contributed by atoms with van der Waals surface area (Å²) in [7, 11) is 1.85. The lowest BCUT2D eigenvalue weighted by Crippen LogP contribution is -2.38. The third kappa shape index (κ3) is 4.57. The number of ether oxygens (including phenoxy) is 1. The van der Waals surface area contributed by atoms with Gasteiger partial charge in [-0.05, 0) is 71.1 Å². The van der Waals surface area contributed by atoms with Crippen molar-refractivity contribution in [3.63, 3.8) is 0 Å². The van der Waals surface area contributed by atoms with Crippen LogP contribution >= 0.6 is 0 Å². The maximum absolute atomic E-state index is 5.46. The van der Waals surface area contributed by atoms with E-state index in [0.717, 1.165) is 0 Å². The monoisotopic (exact) mass is 240 g/mol.